The Morgan fingerprint density at radius 2 is 2.50 bits per heavy atom. The maximum atomic E-state index is 8.63. The standard InChI is InChI=1S/C9H14O/c1-8-3-2-4-9(7-8)5-6-10/h2,4,7-8,10H,3,5-6H2,1H3/t8-/m0/s1. The summed E-state index contributed by atoms with van der Waals surface area (Å²) < 4.78 is 0. The highest BCUT2D eigenvalue weighted by molar-refractivity contribution is 5.23. The second kappa shape index (κ2) is 3.57. The zero-order chi connectivity index (χ0) is 7.40. The summed E-state index contributed by atoms with van der Waals surface area (Å²) in [6, 6.07) is 0. The Balaban J connectivity index is 2.49. The normalized spacial score (nSPS) is 24.6. The summed E-state index contributed by atoms with van der Waals surface area (Å²) in [7, 11) is 0. The van der Waals surface area contributed by atoms with Gasteiger partial charge in [0, 0.05) is 6.61 Å². The number of hydrogen-bond acceptors (Lipinski definition) is 1. The summed E-state index contributed by atoms with van der Waals surface area (Å²) >= 11 is 0. The lowest BCUT2D eigenvalue weighted by molar-refractivity contribution is 0.300. The van der Waals surface area contributed by atoms with Crippen LogP contribution in [0.1, 0.15) is 19.8 Å². The van der Waals surface area contributed by atoms with Crippen LogP contribution in [-0.2, 0) is 0 Å². The number of allylic oxidation sites excluding steroid dienone is 3. The quantitative estimate of drug-likeness (QED) is 0.617. The first-order valence-electron chi connectivity index (χ1n) is 3.81. The molecule has 0 heterocycles. The van der Waals surface area contributed by atoms with Gasteiger partial charge in [-0.05, 0) is 24.3 Å². The molecule has 0 fully saturated rings. The van der Waals surface area contributed by atoms with Crippen LogP contribution in [0.3, 0.4) is 0 Å². The van der Waals surface area contributed by atoms with Gasteiger partial charge in [0.15, 0.2) is 0 Å². The predicted octanol–water partition coefficient (Wildman–Crippen LogP) is 1.89. The third-order valence-electron chi connectivity index (χ3n) is 1.74. The van der Waals surface area contributed by atoms with E-state index in [-0.39, 0.29) is 6.61 Å². The van der Waals surface area contributed by atoms with Crippen molar-refractivity contribution in [2.24, 2.45) is 5.92 Å². The van der Waals surface area contributed by atoms with Gasteiger partial charge in [-0.1, -0.05) is 25.2 Å². The van der Waals surface area contributed by atoms with Crippen LogP contribution >= 0.6 is 0 Å². The van der Waals surface area contributed by atoms with Crippen LogP contribution in [0.2, 0.25) is 0 Å². The molecule has 10 heavy (non-hydrogen) atoms. The molecular weight excluding hydrogens is 124 g/mol. The number of hydrogen-bond donors (Lipinski definition) is 1. The zero-order valence-corrected chi connectivity index (χ0v) is 6.38. The van der Waals surface area contributed by atoms with E-state index in [1.54, 1.807) is 0 Å². The van der Waals surface area contributed by atoms with Crippen LogP contribution in [0.25, 0.3) is 0 Å². The lowest BCUT2D eigenvalue weighted by Gasteiger charge is -2.10. The molecule has 0 spiro atoms. The topological polar surface area (TPSA) is 20.2 Å². The van der Waals surface area contributed by atoms with Gasteiger partial charge in [0.25, 0.3) is 0 Å². The van der Waals surface area contributed by atoms with Crippen LogP contribution in [0, 0.1) is 5.92 Å². The highest BCUT2D eigenvalue weighted by Gasteiger charge is 2.02. The first-order valence-corrected chi connectivity index (χ1v) is 3.81. The minimum absolute atomic E-state index is 0.267. The van der Waals surface area contributed by atoms with Crippen LogP contribution < -0.4 is 0 Å². The van der Waals surface area contributed by atoms with Gasteiger partial charge in [0.1, 0.15) is 0 Å². The molecule has 56 valence electrons. The molecule has 0 saturated heterocycles. The van der Waals surface area contributed by atoms with E-state index in [0.717, 1.165) is 12.8 Å². The van der Waals surface area contributed by atoms with Crippen molar-refractivity contribution in [3.63, 3.8) is 0 Å². The van der Waals surface area contributed by atoms with Crippen molar-refractivity contribution in [1.29, 1.82) is 0 Å². The van der Waals surface area contributed by atoms with Gasteiger partial charge in [0.2, 0.25) is 0 Å². The average Bonchev–Trinajstić information content (AvgIpc) is 1.88. The molecule has 0 amide bonds. The monoisotopic (exact) mass is 138 g/mol. The van der Waals surface area contributed by atoms with E-state index in [1.807, 2.05) is 0 Å². The van der Waals surface area contributed by atoms with Gasteiger partial charge in [0.05, 0.1) is 0 Å². The Hall–Kier alpha value is -0.560. The second-order valence-corrected chi connectivity index (χ2v) is 2.83. The van der Waals surface area contributed by atoms with Crippen molar-refractivity contribution in [3.8, 4) is 0 Å². The fraction of sp³-hybridized carbons (Fsp3) is 0.556. The average molecular weight is 138 g/mol. The molecule has 0 saturated carbocycles. The van der Waals surface area contributed by atoms with Gasteiger partial charge < -0.3 is 5.11 Å². The molecular formula is C9H14O. The first-order chi connectivity index (χ1) is 4.83. The van der Waals surface area contributed by atoms with E-state index in [0.29, 0.717) is 5.92 Å². The number of aliphatic hydroxyl groups excluding tert-OH is 1. The van der Waals surface area contributed by atoms with E-state index >= 15 is 0 Å². The van der Waals surface area contributed by atoms with Gasteiger partial charge in [-0.2, -0.15) is 0 Å². The summed E-state index contributed by atoms with van der Waals surface area (Å²) in [5.41, 5.74) is 1.28. The van der Waals surface area contributed by atoms with E-state index in [1.165, 1.54) is 5.57 Å². The van der Waals surface area contributed by atoms with Gasteiger partial charge in [-0.25, -0.2) is 0 Å². The molecule has 0 aromatic carbocycles. The van der Waals surface area contributed by atoms with Crippen molar-refractivity contribution in [3.05, 3.63) is 23.8 Å². The molecule has 1 N–H and O–H groups in total. The van der Waals surface area contributed by atoms with Crippen molar-refractivity contribution in [2.45, 2.75) is 19.8 Å². The molecule has 1 aliphatic rings. The third-order valence-corrected chi connectivity index (χ3v) is 1.74. The Morgan fingerprint density at radius 1 is 1.70 bits per heavy atom. The molecule has 0 bridgehead atoms. The number of aliphatic hydroxyl groups is 1. The molecule has 0 radical (unpaired) electrons. The Bertz CT molecular complexity index is 156. The zero-order valence-electron chi connectivity index (χ0n) is 6.38. The first kappa shape index (κ1) is 7.55. The second-order valence-electron chi connectivity index (χ2n) is 2.83. The van der Waals surface area contributed by atoms with E-state index in [9.17, 15) is 0 Å². The van der Waals surface area contributed by atoms with Crippen molar-refractivity contribution in [1.82, 2.24) is 0 Å². The summed E-state index contributed by atoms with van der Waals surface area (Å²) in [6.07, 6.45) is 8.47. The molecule has 0 unspecified atom stereocenters. The SMILES string of the molecule is C[C@@H]1C=C(CCO)C=CC1. The van der Waals surface area contributed by atoms with Crippen LogP contribution in [0.15, 0.2) is 23.8 Å². The van der Waals surface area contributed by atoms with Crippen molar-refractivity contribution in [2.75, 3.05) is 6.61 Å². The Labute approximate surface area is 62.1 Å². The summed E-state index contributed by atoms with van der Waals surface area (Å²) in [4.78, 5) is 0. The smallest absolute Gasteiger partial charge is 0.0471 e. The fourth-order valence-corrected chi connectivity index (χ4v) is 1.22. The molecule has 0 aliphatic heterocycles. The fourth-order valence-electron chi connectivity index (χ4n) is 1.22. The molecule has 1 rings (SSSR count). The maximum absolute atomic E-state index is 8.63. The summed E-state index contributed by atoms with van der Waals surface area (Å²) in [5, 5.41) is 8.63. The number of rotatable bonds is 2. The lowest BCUT2D eigenvalue weighted by Crippen LogP contribution is -1.96. The predicted molar refractivity (Wildman–Crippen MR) is 42.7 cm³/mol. The molecule has 1 aliphatic carbocycles. The molecule has 1 heteroatoms. The summed E-state index contributed by atoms with van der Waals surface area (Å²) in [5.74, 6) is 0.659. The van der Waals surface area contributed by atoms with Crippen LogP contribution in [-0.4, -0.2) is 11.7 Å². The van der Waals surface area contributed by atoms with E-state index < -0.39 is 0 Å². The van der Waals surface area contributed by atoms with Crippen molar-refractivity contribution >= 4 is 0 Å². The van der Waals surface area contributed by atoms with Gasteiger partial charge in [-0.3, -0.25) is 0 Å². The van der Waals surface area contributed by atoms with Gasteiger partial charge in [-0.15, -0.1) is 0 Å². The molecule has 0 aromatic rings. The maximum Gasteiger partial charge on any atom is 0.0471 e. The minimum atomic E-state index is 0.267. The van der Waals surface area contributed by atoms with Crippen molar-refractivity contribution < 1.29 is 5.11 Å². The lowest BCUT2D eigenvalue weighted by atomic mass is 9.97. The molecule has 1 nitrogen and oxygen atoms in total. The Kier molecular flexibility index (Phi) is 2.69. The van der Waals surface area contributed by atoms with E-state index in [2.05, 4.69) is 25.2 Å². The highest BCUT2D eigenvalue weighted by atomic mass is 16.2. The minimum Gasteiger partial charge on any atom is -0.396 e. The largest absolute Gasteiger partial charge is 0.396 e. The van der Waals surface area contributed by atoms with Crippen LogP contribution in [0.5, 0.6) is 0 Å². The Morgan fingerprint density at radius 3 is 3.10 bits per heavy atom. The van der Waals surface area contributed by atoms with Crippen LogP contribution in [0.4, 0.5) is 0 Å². The molecule has 1 atom stereocenters. The highest BCUT2D eigenvalue weighted by Crippen LogP contribution is 2.17. The summed E-state index contributed by atoms with van der Waals surface area (Å²) in [6.45, 7) is 2.46. The third kappa shape index (κ3) is 1.99. The van der Waals surface area contributed by atoms with Gasteiger partial charge >= 0.3 is 0 Å². The van der Waals surface area contributed by atoms with E-state index in [4.69, 9.17) is 5.11 Å². The molecule has 0 aromatic heterocycles.